The maximum absolute atomic E-state index is 13.5. The number of thioether (sulfide) groups is 1. The van der Waals surface area contributed by atoms with E-state index in [-0.39, 0.29) is 29.5 Å². The Morgan fingerprint density at radius 3 is 2.70 bits per heavy atom. The Morgan fingerprint density at radius 2 is 1.92 bits per heavy atom. The largest absolute Gasteiger partial charge is 0.383 e. The van der Waals surface area contributed by atoms with Gasteiger partial charge < -0.3 is 15.4 Å². The van der Waals surface area contributed by atoms with E-state index >= 15 is 0 Å². The van der Waals surface area contributed by atoms with E-state index in [1.54, 1.807) is 11.7 Å². The van der Waals surface area contributed by atoms with Crippen LogP contribution in [0.15, 0.2) is 52.4 Å². The number of nitrogens with one attached hydrogen (secondary N) is 2. The van der Waals surface area contributed by atoms with Crippen LogP contribution in [-0.4, -0.2) is 47.4 Å². The fourth-order valence-corrected chi connectivity index (χ4v) is 5.79. The number of carbonyl (C=O) groups is 2. The van der Waals surface area contributed by atoms with Gasteiger partial charge in [0.2, 0.25) is 11.8 Å². The van der Waals surface area contributed by atoms with E-state index in [1.165, 1.54) is 23.1 Å². The molecule has 0 spiro atoms. The van der Waals surface area contributed by atoms with Gasteiger partial charge >= 0.3 is 0 Å². The van der Waals surface area contributed by atoms with Gasteiger partial charge in [-0.1, -0.05) is 36.0 Å². The quantitative estimate of drug-likeness (QED) is 0.166. The fraction of sp³-hybridized carbons (Fsp3) is 0.333. The summed E-state index contributed by atoms with van der Waals surface area (Å²) < 4.78 is 8.11. The van der Waals surface area contributed by atoms with Crippen LogP contribution in [0, 0.1) is 13.8 Å². The molecule has 0 saturated carbocycles. The molecular formula is C27H30N4O4S2. The number of thiophene rings is 1. The summed E-state index contributed by atoms with van der Waals surface area (Å²) >= 11 is 2.64. The maximum atomic E-state index is 13.5. The van der Waals surface area contributed by atoms with E-state index in [1.807, 2.05) is 56.3 Å². The van der Waals surface area contributed by atoms with Crippen molar-refractivity contribution in [2.75, 3.05) is 31.3 Å². The number of anilines is 1. The minimum absolute atomic E-state index is 0.0945. The molecule has 8 nitrogen and oxygen atoms in total. The SMILES string of the molecule is COCCNC(=O)CCCn1c(SCC(=O)Nc2ccc(C)c(C)c2)nc2c(sc3ccccc32)c1=O. The van der Waals surface area contributed by atoms with Crippen molar-refractivity contribution in [3.05, 3.63) is 63.9 Å². The average molecular weight is 539 g/mol. The molecule has 2 aromatic heterocycles. The molecule has 0 saturated heterocycles. The van der Waals surface area contributed by atoms with Crippen molar-refractivity contribution in [1.29, 1.82) is 0 Å². The lowest BCUT2D eigenvalue weighted by molar-refractivity contribution is -0.121. The highest BCUT2D eigenvalue weighted by Gasteiger charge is 2.17. The molecule has 0 aliphatic heterocycles. The van der Waals surface area contributed by atoms with Crippen LogP contribution >= 0.6 is 23.1 Å². The third kappa shape index (κ3) is 6.57. The Labute approximate surface area is 223 Å². The summed E-state index contributed by atoms with van der Waals surface area (Å²) in [5.74, 6) is -0.172. The van der Waals surface area contributed by atoms with Crippen molar-refractivity contribution in [3.8, 4) is 0 Å². The van der Waals surface area contributed by atoms with Gasteiger partial charge in [-0.25, -0.2) is 4.98 Å². The lowest BCUT2D eigenvalue weighted by Crippen LogP contribution is -2.28. The van der Waals surface area contributed by atoms with Crippen molar-refractivity contribution < 1.29 is 14.3 Å². The minimum atomic E-state index is -0.179. The highest BCUT2D eigenvalue weighted by Crippen LogP contribution is 2.32. The molecule has 0 aliphatic carbocycles. The smallest absolute Gasteiger partial charge is 0.272 e. The molecule has 2 aromatic carbocycles. The van der Waals surface area contributed by atoms with Crippen LogP contribution in [0.4, 0.5) is 5.69 Å². The van der Waals surface area contributed by atoms with Crippen LogP contribution in [0.3, 0.4) is 0 Å². The Balaban J connectivity index is 1.55. The number of hydrogen-bond donors (Lipinski definition) is 2. The zero-order chi connectivity index (χ0) is 26.4. The summed E-state index contributed by atoms with van der Waals surface area (Å²) in [4.78, 5) is 43.2. The predicted octanol–water partition coefficient (Wildman–Crippen LogP) is 4.50. The molecule has 0 unspecified atom stereocenters. The summed E-state index contributed by atoms with van der Waals surface area (Å²) in [7, 11) is 1.58. The van der Waals surface area contributed by atoms with E-state index in [4.69, 9.17) is 9.72 Å². The lowest BCUT2D eigenvalue weighted by Gasteiger charge is -2.12. The molecule has 0 radical (unpaired) electrons. The Hall–Kier alpha value is -3.21. The van der Waals surface area contributed by atoms with E-state index in [2.05, 4.69) is 10.6 Å². The molecule has 2 heterocycles. The first kappa shape index (κ1) is 26.8. The normalized spacial score (nSPS) is 11.2. The zero-order valence-corrected chi connectivity index (χ0v) is 22.8. The van der Waals surface area contributed by atoms with E-state index in [0.29, 0.717) is 41.5 Å². The van der Waals surface area contributed by atoms with Gasteiger partial charge in [-0.15, -0.1) is 11.3 Å². The van der Waals surface area contributed by atoms with Crippen LogP contribution < -0.4 is 16.2 Å². The summed E-state index contributed by atoms with van der Waals surface area (Å²) in [5.41, 5.74) is 3.49. The molecule has 37 heavy (non-hydrogen) atoms. The second-order valence-corrected chi connectivity index (χ2v) is 10.7. The summed E-state index contributed by atoms with van der Waals surface area (Å²) in [6.45, 7) is 5.24. The number of ether oxygens (including phenoxy) is 1. The standard InChI is InChI=1S/C27H30N4O4S2/c1-17-10-11-19(15-18(17)2)29-23(33)16-36-27-30-24-20-7-4-5-8-21(20)37-25(24)26(34)31(27)13-6-9-22(32)28-12-14-35-3/h4-5,7-8,10-11,15H,6,9,12-14,16H2,1-3H3,(H,28,32)(H,29,33). The van der Waals surface area contributed by atoms with Gasteiger partial charge in [-0.2, -0.15) is 0 Å². The number of amides is 2. The van der Waals surface area contributed by atoms with Crippen molar-refractivity contribution in [1.82, 2.24) is 14.9 Å². The van der Waals surface area contributed by atoms with Gasteiger partial charge in [-0.05, 0) is 49.6 Å². The van der Waals surface area contributed by atoms with E-state index in [0.717, 1.165) is 26.9 Å². The Kier molecular flexibility index (Phi) is 8.96. The number of fused-ring (bicyclic) bond motifs is 3. The number of nitrogens with zero attached hydrogens (tertiary/aromatic N) is 2. The molecule has 0 bridgehead atoms. The predicted molar refractivity (Wildman–Crippen MR) is 151 cm³/mol. The highest BCUT2D eigenvalue weighted by molar-refractivity contribution is 7.99. The van der Waals surface area contributed by atoms with E-state index < -0.39 is 0 Å². The van der Waals surface area contributed by atoms with Gasteiger partial charge in [0, 0.05) is 42.4 Å². The van der Waals surface area contributed by atoms with E-state index in [9.17, 15) is 14.4 Å². The van der Waals surface area contributed by atoms with Gasteiger partial charge in [0.25, 0.3) is 5.56 Å². The highest BCUT2D eigenvalue weighted by atomic mass is 32.2. The molecule has 2 N–H and O–H groups in total. The van der Waals surface area contributed by atoms with Gasteiger partial charge in [0.05, 0.1) is 17.9 Å². The van der Waals surface area contributed by atoms with Gasteiger partial charge in [0.1, 0.15) is 4.70 Å². The first-order chi connectivity index (χ1) is 17.9. The number of benzene rings is 2. The van der Waals surface area contributed by atoms with Crippen LogP contribution in [0.25, 0.3) is 20.3 Å². The fourth-order valence-electron chi connectivity index (χ4n) is 3.89. The average Bonchev–Trinajstić information content (AvgIpc) is 3.25. The first-order valence-corrected chi connectivity index (χ1v) is 13.8. The van der Waals surface area contributed by atoms with Gasteiger partial charge in [0.15, 0.2) is 5.16 Å². The summed E-state index contributed by atoms with van der Waals surface area (Å²) in [6.07, 6.45) is 0.747. The van der Waals surface area contributed by atoms with Gasteiger partial charge in [-0.3, -0.25) is 19.0 Å². The molecule has 0 atom stereocenters. The number of carbonyl (C=O) groups excluding carboxylic acids is 2. The number of rotatable bonds is 11. The number of aryl methyl sites for hydroxylation is 2. The Morgan fingerprint density at radius 1 is 1.11 bits per heavy atom. The molecular weight excluding hydrogens is 508 g/mol. The Bertz CT molecular complexity index is 1500. The molecule has 194 valence electrons. The second kappa shape index (κ2) is 12.4. The second-order valence-electron chi connectivity index (χ2n) is 8.71. The first-order valence-electron chi connectivity index (χ1n) is 12.0. The number of methoxy groups -OCH3 is 1. The molecule has 4 rings (SSSR count). The molecule has 2 amide bonds. The molecule has 0 aliphatic rings. The van der Waals surface area contributed by atoms with Crippen molar-refractivity contribution in [3.63, 3.8) is 0 Å². The molecule has 0 fully saturated rings. The van der Waals surface area contributed by atoms with Crippen LogP contribution in [0.2, 0.25) is 0 Å². The van der Waals surface area contributed by atoms with Crippen LogP contribution in [0.1, 0.15) is 24.0 Å². The monoisotopic (exact) mass is 538 g/mol. The summed E-state index contributed by atoms with van der Waals surface area (Å²) in [5, 5.41) is 7.11. The zero-order valence-electron chi connectivity index (χ0n) is 21.1. The number of aromatic nitrogens is 2. The van der Waals surface area contributed by atoms with Crippen LogP contribution in [0.5, 0.6) is 0 Å². The van der Waals surface area contributed by atoms with Crippen molar-refractivity contribution in [2.45, 2.75) is 38.4 Å². The van der Waals surface area contributed by atoms with Crippen LogP contribution in [-0.2, 0) is 20.9 Å². The minimum Gasteiger partial charge on any atom is -0.383 e. The third-order valence-electron chi connectivity index (χ3n) is 5.98. The third-order valence-corrected chi connectivity index (χ3v) is 8.11. The van der Waals surface area contributed by atoms with Crippen molar-refractivity contribution >= 4 is 60.9 Å². The molecule has 4 aromatic rings. The number of hydrogen-bond acceptors (Lipinski definition) is 7. The maximum Gasteiger partial charge on any atom is 0.272 e. The lowest BCUT2D eigenvalue weighted by atomic mass is 10.1. The van der Waals surface area contributed by atoms with Crippen molar-refractivity contribution in [2.24, 2.45) is 0 Å². The molecule has 10 heteroatoms. The topological polar surface area (TPSA) is 102 Å². The summed E-state index contributed by atoms with van der Waals surface area (Å²) in [6, 6.07) is 13.6.